The molecule has 2 rings (SSSR count). The van der Waals surface area contributed by atoms with Crippen molar-refractivity contribution < 1.29 is 17.7 Å². The zero-order valence-electron chi connectivity index (χ0n) is 8.25. The molecule has 82 valence electrons. The van der Waals surface area contributed by atoms with Gasteiger partial charge in [0.05, 0.1) is 4.90 Å². The van der Waals surface area contributed by atoms with Gasteiger partial charge in [0, 0.05) is 5.92 Å². The van der Waals surface area contributed by atoms with Crippen LogP contribution in [0.5, 0.6) is 0 Å². The first kappa shape index (κ1) is 10.6. The molecule has 1 N–H and O–H groups in total. The van der Waals surface area contributed by atoms with Crippen LogP contribution < -0.4 is 0 Å². The zero-order chi connectivity index (χ0) is 11.1. The average Bonchev–Trinajstić information content (AvgIpc) is 2.16. The van der Waals surface area contributed by atoms with Crippen LogP contribution in [0, 0.1) is 5.92 Å². The Morgan fingerprint density at radius 1 is 1.47 bits per heavy atom. The lowest BCUT2D eigenvalue weighted by molar-refractivity contribution is -0.0526. The minimum atomic E-state index is -3.81. The molecule has 0 radical (unpaired) electrons. The third-order valence-electron chi connectivity index (χ3n) is 2.46. The largest absolute Gasteiger partial charge is 0.367 e. The van der Waals surface area contributed by atoms with Crippen LogP contribution in [0.15, 0.2) is 29.2 Å². The van der Waals surface area contributed by atoms with Crippen molar-refractivity contribution in [3.63, 3.8) is 0 Å². The first-order valence-corrected chi connectivity index (χ1v) is 6.10. The van der Waals surface area contributed by atoms with Gasteiger partial charge in [-0.1, -0.05) is 19.1 Å². The van der Waals surface area contributed by atoms with E-state index in [1.807, 2.05) is 6.07 Å². The molecule has 1 aromatic carbocycles. The molecule has 0 spiro atoms. The van der Waals surface area contributed by atoms with Crippen LogP contribution in [0.3, 0.4) is 0 Å². The van der Waals surface area contributed by atoms with Gasteiger partial charge < -0.3 is 5.11 Å². The second-order valence-corrected chi connectivity index (χ2v) is 5.34. The van der Waals surface area contributed by atoms with Gasteiger partial charge in [-0.3, -0.25) is 0 Å². The van der Waals surface area contributed by atoms with E-state index in [1.165, 1.54) is 6.07 Å². The number of aliphatic hydroxyl groups is 1. The molecule has 4 nitrogen and oxygen atoms in total. The van der Waals surface area contributed by atoms with E-state index in [-0.39, 0.29) is 10.8 Å². The molecule has 2 unspecified atom stereocenters. The van der Waals surface area contributed by atoms with E-state index in [4.69, 9.17) is 0 Å². The number of benzene rings is 1. The van der Waals surface area contributed by atoms with Crippen LogP contribution >= 0.6 is 0 Å². The molecule has 1 aromatic rings. The lowest BCUT2D eigenvalue weighted by Gasteiger charge is -2.21. The second-order valence-electron chi connectivity index (χ2n) is 3.77. The summed E-state index contributed by atoms with van der Waals surface area (Å²) in [7, 11) is -3.81. The van der Waals surface area contributed by atoms with Crippen molar-refractivity contribution in [3.8, 4) is 0 Å². The number of aliphatic hydroxyl groups excluding tert-OH is 1. The number of fused-ring (bicyclic) bond motifs is 2. The molecule has 5 heteroatoms. The average molecular weight is 228 g/mol. The maximum absolute atomic E-state index is 11.6. The van der Waals surface area contributed by atoms with Gasteiger partial charge in [-0.05, 0) is 24.1 Å². The first-order valence-electron chi connectivity index (χ1n) is 4.69. The third kappa shape index (κ3) is 2.04. The van der Waals surface area contributed by atoms with Crippen molar-refractivity contribution in [2.75, 3.05) is 0 Å². The summed E-state index contributed by atoms with van der Waals surface area (Å²) in [6, 6.07) is 6.56. The Hall–Kier alpha value is -0.910. The van der Waals surface area contributed by atoms with E-state index in [9.17, 15) is 13.5 Å². The Balaban J connectivity index is 2.54. The van der Waals surface area contributed by atoms with Crippen molar-refractivity contribution in [3.05, 3.63) is 29.8 Å². The number of rotatable bonds is 0. The van der Waals surface area contributed by atoms with Gasteiger partial charge >= 0.3 is 0 Å². The topological polar surface area (TPSA) is 63.6 Å². The highest BCUT2D eigenvalue weighted by Crippen LogP contribution is 2.24. The third-order valence-corrected chi connectivity index (χ3v) is 3.74. The minimum absolute atomic E-state index is 0.103. The van der Waals surface area contributed by atoms with E-state index < -0.39 is 16.4 Å². The fourth-order valence-corrected chi connectivity index (χ4v) is 2.68. The van der Waals surface area contributed by atoms with Crippen molar-refractivity contribution in [1.29, 1.82) is 0 Å². The SMILES string of the molecule is CC1Cc2cccc(c2)S(=O)(=O)OC1O. The molecular weight excluding hydrogens is 216 g/mol. The quantitative estimate of drug-likeness (QED) is 0.670. The zero-order valence-corrected chi connectivity index (χ0v) is 9.07. The monoisotopic (exact) mass is 228 g/mol. The maximum Gasteiger partial charge on any atom is 0.299 e. The summed E-state index contributed by atoms with van der Waals surface area (Å²) >= 11 is 0. The van der Waals surface area contributed by atoms with Gasteiger partial charge in [-0.15, -0.1) is 0 Å². The highest BCUT2D eigenvalue weighted by molar-refractivity contribution is 7.86. The summed E-state index contributed by atoms with van der Waals surface area (Å²) in [5.74, 6) is -0.240. The molecule has 0 saturated heterocycles. The molecule has 0 aromatic heterocycles. The smallest absolute Gasteiger partial charge is 0.299 e. The predicted octanol–water partition coefficient (Wildman–Crippen LogP) is 0.903. The van der Waals surface area contributed by atoms with E-state index in [1.54, 1.807) is 19.1 Å². The van der Waals surface area contributed by atoms with E-state index in [0.29, 0.717) is 6.42 Å². The molecule has 0 amide bonds. The molecule has 1 aliphatic heterocycles. The number of hydrogen-bond acceptors (Lipinski definition) is 4. The van der Waals surface area contributed by atoms with E-state index >= 15 is 0 Å². The van der Waals surface area contributed by atoms with Crippen molar-refractivity contribution in [2.24, 2.45) is 5.92 Å². The molecule has 15 heavy (non-hydrogen) atoms. The Kier molecular flexibility index (Phi) is 2.54. The predicted molar refractivity (Wildman–Crippen MR) is 53.6 cm³/mol. The Morgan fingerprint density at radius 3 is 2.93 bits per heavy atom. The highest BCUT2D eigenvalue weighted by atomic mass is 32.2. The fraction of sp³-hybridized carbons (Fsp3) is 0.400. The molecule has 1 aliphatic rings. The van der Waals surface area contributed by atoms with Gasteiger partial charge in [0.25, 0.3) is 10.1 Å². The van der Waals surface area contributed by atoms with Crippen LogP contribution in [0.1, 0.15) is 12.5 Å². The molecule has 0 aliphatic carbocycles. The normalized spacial score (nSPS) is 29.2. The van der Waals surface area contributed by atoms with Gasteiger partial charge in [0.15, 0.2) is 6.29 Å². The second kappa shape index (κ2) is 3.59. The lowest BCUT2D eigenvalue weighted by Crippen LogP contribution is -2.28. The summed E-state index contributed by atoms with van der Waals surface area (Å²) in [5, 5.41) is 9.49. The van der Waals surface area contributed by atoms with Crippen LogP contribution in [-0.2, 0) is 20.7 Å². The van der Waals surface area contributed by atoms with Gasteiger partial charge in [0.2, 0.25) is 0 Å². The van der Waals surface area contributed by atoms with Crippen LogP contribution in [0.25, 0.3) is 0 Å². The summed E-state index contributed by atoms with van der Waals surface area (Å²) in [6.45, 7) is 1.75. The molecule has 1 heterocycles. The minimum Gasteiger partial charge on any atom is -0.367 e. The summed E-state index contributed by atoms with van der Waals surface area (Å²) in [5.41, 5.74) is 0.894. The molecule has 2 atom stereocenters. The summed E-state index contributed by atoms with van der Waals surface area (Å²) in [4.78, 5) is 0.103. The standard InChI is InChI=1S/C10H12O4S/c1-7-5-8-3-2-4-9(6-8)15(12,13)14-10(7)11/h2-4,6-7,10-11H,5H2,1H3. The number of hydrogen-bond donors (Lipinski definition) is 1. The summed E-state index contributed by atoms with van der Waals surface area (Å²) in [6.07, 6.45) is -0.668. The van der Waals surface area contributed by atoms with Crippen molar-refractivity contribution in [2.45, 2.75) is 24.5 Å². The molecule has 0 saturated carbocycles. The van der Waals surface area contributed by atoms with Crippen molar-refractivity contribution in [1.82, 2.24) is 0 Å². The van der Waals surface area contributed by atoms with Gasteiger partial charge in [-0.2, -0.15) is 8.42 Å². The van der Waals surface area contributed by atoms with Crippen LogP contribution in [0.2, 0.25) is 0 Å². The van der Waals surface area contributed by atoms with E-state index in [2.05, 4.69) is 4.18 Å². The van der Waals surface area contributed by atoms with Crippen LogP contribution in [-0.4, -0.2) is 19.8 Å². The van der Waals surface area contributed by atoms with Crippen LogP contribution in [0.4, 0.5) is 0 Å². The Bertz CT molecular complexity index is 466. The van der Waals surface area contributed by atoms with E-state index in [0.717, 1.165) is 5.56 Å². The van der Waals surface area contributed by atoms with Gasteiger partial charge in [-0.25, -0.2) is 4.18 Å². The van der Waals surface area contributed by atoms with Crippen molar-refractivity contribution >= 4 is 10.1 Å². The first-order chi connectivity index (χ1) is 6.99. The highest BCUT2D eigenvalue weighted by Gasteiger charge is 2.27. The van der Waals surface area contributed by atoms with Gasteiger partial charge in [0.1, 0.15) is 0 Å². The summed E-state index contributed by atoms with van der Waals surface area (Å²) < 4.78 is 27.8. The fourth-order valence-electron chi connectivity index (χ4n) is 1.58. The Labute approximate surface area is 88.6 Å². The maximum atomic E-state index is 11.6. The molecular formula is C10H12O4S. The lowest BCUT2D eigenvalue weighted by atomic mass is 10.0. The Morgan fingerprint density at radius 2 is 2.20 bits per heavy atom. The molecule has 0 fully saturated rings. The molecule has 2 bridgehead atoms.